The van der Waals surface area contributed by atoms with Gasteiger partial charge in [-0.25, -0.2) is 15.0 Å². The molecule has 8 rings (SSSR count). The number of hydrogen-bond acceptors (Lipinski definition) is 16. The SMILES string of the molecule is Cc1ccc(NC(=O)c2ccc(CN3CCN(C(=O)CCCCCOCCOCCOCCCCCCN[C@H](C(=O)N4C[C@H](O)C[C@H]4C(=O)NCc4ccc(-c5scnc5C)cc4)C(C)(C)C)CC3)cc2)cc1Nc1nccc(-c2cccnc2)n1. The number of ether oxygens (including phenoxy) is 3. The number of hydrogen-bond donors (Lipinski definition) is 5. The first-order chi connectivity index (χ1) is 41.7. The Kier molecular flexibility index (Phi) is 25.1. The number of unbranched alkanes of at least 4 members (excludes halogenated alkanes) is 5. The molecule has 3 aromatic carbocycles. The van der Waals surface area contributed by atoms with E-state index >= 15 is 0 Å². The molecule has 0 saturated carbocycles. The summed E-state index contributed by atoms with van der Waals surface area (Å²) in [6, 6.07) is 25.9. The van der Waals surface area contributed by atoms with E-state index in [-0.39, 0.29) is 36.6 Å². The topological polar surface area (TPSA) is 226 Å². The average molecular weight is 1190 g/mol. The zero-order valence-electron chi connectivity index (χ0n) is 50.7. The predicted octanol–water partition coefficient (Wildman–Crippen LogP) is 9.37. The molecule has 19 nitrogen and oxygen atoms in total. The van der Waals surface area contributed by atoms with Gasteiger partial charge in [-0.2, -0.15) is 0 Å². The van der Waals surface area contributed by atoms with Gasteiger partial charge < -0.3 is 50.4 Å². The molecule has 2 aliphatic heterocycles. The van der Waals surface area contributed by atoms with Crippen LogP contribution in [-0.4, -0.2) is 160 Å². The van der Waals surface area contributed by atoms with Crippen LogP contribution in [0, 0.1) is 19.3 Å². The van der Waals surface area contributed by atoms with Gasteiger partial charge in [-0.15, -0.1) is 11.3 Å². The van der Waals surface area contributed by atoms with Gasteiger partial charge in [0.25, 0.3) is 5.91 Å². The van der Waals surface area contributed by atoms with Crippen LogP contribution in [0.2, 0.25) is 0 Å². The van der Waals surface area contributed by atoms with Crippen molar-refractivity contribution < 1.29 is 38.5 Å². The van der Waals surface area contributed by atoms with Crippen LogP contribution in [0.3, 0.4) is 0 Å². The third-order valence-electron chi connectivity index (χ3n) is 15.6. The van der Waals surface area contributed by atoms with E-state index in [2.05, 4.69) is 46.1 Å². The number of carbonyl (C=O) groups is 4. The number of nitrogens with zero attached hydrogens (tertiary/aromatic N) is 7. The van der Waals surface area contributed by atoms with Gasteiger partial charge in [0.15, 0.2) is 0 Å². The van der Waals surface area contributed by atoms with Crippen molar-refractivity contribution in [2.24, 2.45) is 5.41 Å². The van der Waals surface area contributed by atoms with Gasteiger partial charge in [-0.05, 0) is 116 Å². The zero-order valence-corrected chi connectivity index (χ0v) is 51.5. The normalized spacial score (nSPS) is 15.8. The third-order valence-corrected chi connectivity index (χ3v) is 16.6. The first-order valence-electron chi connectivity index (χ1n) is 30.4. The first-order valence-corrected chi connectivity index (χ1v) is 31.3. The van der Waals surface area contributed by atoms with E-state index in [0.29, 0.717) is 89.4 Å². The van der Waals surface area contributed by atoms with Crippen molar-refractivity contribution in [2.45, 2.75) is 124 Å². The average Bonchev–Trinajstić information content (AvgIpc) is 2.56. The lowest BCUT2D eigenvalue weighted by Crippen LogP contribution is -2.56. The molecule has 2 saturated heterocycles. The maximum Gasteiger partial charge on any atom is 0.255 e. The highest BCUT2D eigenvalue weighted by Crippen LogP contribution is 2.30. The number of anilines is 3. The summed E-state index contributed by atoms with van der Waals surface area (Å²) in [6.07, 6.45) is 11.7. The van der Waals surface area contributed by atoms with Crippen LogP contribution in [0.25, 0.3) is 21.7 Å². The van der Waals surface area contributed by atoms with Crippen molar-refractivity contribution in [1.29, 1.82) is 0 Å². The molecule has 460 valence electrons. The third kappa shape index (κ3) is 20.0. The van der Waals surface area contributed by atoms with Crippen LogP contribution in [-0.2, 0) is 41.7 Å². The zero-order chi connectivity index (χ0) is 60.7. The number of thiazole rings is 1. The Bertz CT molecular complexity index is 3080. The van der Waals surface area contributed by atoms with E-state index in [0.717, 1.165) is 114 Å². The minimum Gasteiger partial charge on any atom is -0.391 e. The van der Waals surface area contributed by atoms with Crippen LogP contribution in [0.1, 0.15) is 111 Å². The second-order valence-corrected chi connectivity index (χ2v) is 24.2. The molecule has 0 aliphatic carbocycles. The number of likely N-dealkylation sites (tertiary alicyclic amines) is 1. The van der Waals surface area contributed by atoms with E-state index in [1.807, 2.05) is 130 Å². The number of carbonyl (C=O) groups excluding carboxylic acids is 4. The first kappa shape index (κ1) is 64.9. The van der Waals surface area contributed by atoms with Gasteiger partial charge in [-0.1, -0.05) is 82.5 Å². The summed E-state index contributed by atoms with van der Waals surface area (Å²) >= 11 is 1.60. The Labute approximate surface area is 511 Å². The lowest BCUT2D eigenvalue weighted by Gasteiger charge is -2.35. The number of β-amino-alcohol motifs (C(OH)–C–C–N with tert-alkyl or cyclic N) is 1. The van der Waals surface area contributed by atoms with Crippen molar-refractivity contribution in [3.8, 4) is 21.7 Å². The fourth-order valence-corrected chi connectivity index (χ4v) is 11.4. The number of aromatic nitrogens is 4. The molecule has 0 unspecified atom stereocenters. The molecule has 3 atom stereocenters. The highest BCUT2D eigenvalue weighted by molar-refractivity contribution is 7.13. The van der Waals surface area contributed by atoms with Crippen molar-refractivity contribution in [2.75, 3.05) is 89.5 Å². The number of aliphatic hydroxyl groups excluding tert-OH is 1. The van der Waals surface area contributed by atoms with Crippen molar-refractivity contribution in [1.82, 2.24) is 45.3 Å². The molecule has 4 amide bonds. The van der Waals surface area contributed by atoms with E-state index in [1.165, 1.54) is 0 Å². The smallest absolute Gasteiger partial charge is 0.255 e. The summed E-state index contributed by atoms with van der Waals surface area (Å²) in [6.45, 7) is 18.3. The fraction of sp³-hybridized carbons (Fsp3) is 0.485. The lowest BCUT2D eigenvalue weighted by atomic mass is 9.85. The Morgan fingerprint density at radius 2 is 1.45 bits per heavy atom. The minimum atomic E-state index is -0.754. The molecule has 6 aromatic rings. The number of nitrogens with one attached hydrogen (secondary N) is 4. The Morgan fingerprint density at radius 3 is 2.14 bits per heavy atom. The van der Waals surface area contributed by atoms with Gasteiger partial charge in [0.05, 0.1) is 60.3 Å². The predicted molar refractivity (Wildman–Crippen MR) is 337 cm³/mol. The van der Waals surface area contributed by atoms with E-state index < -0.39 is 23.6 Å². The van der Waals surface area contributed by atoms with Gasteiger partial charge in [0.2, 0.25) is 23.7 Å². The van der Waals surface area contributed by atoms with Crippen LogP contribution in [0.15, 0.2) is 109 Å². The highest BCUT2D eigenvalue weighted by atomic mass is 32.1. The molecule has 0 spiro atoms. The van der Waals surface area contributed by atoms with Gasteiger partial charge >= 0.3 is 0 Å². The molecular weight excluding hydrogens is 1110 g/mol. The second-order valence-electron chi connectivity index (χ2n) is 23.4. The Hall–Kier alpha value is -7.04. The maximum absolute atomic E-state index is 14.0. The highest BCUT2D eigenvalue weighted by Gasteiger charge is 2.43. The minimum absolute atomic E-state index is 0.135. The Balaban J connectivity index is 0.597. The van der Waals surface area contributed by atoms with E-state index in [9.17, 15) is 24.3 Å². The van der Waals surface area contributed by atoms with Crippen LogP contribution in [0.5, 0.6) is 0 Å². The second kappa shape index (κ2) is 33.2. The summed E-state index contributed by atoms with van der Waals surface area (Å²) in [7, 11) is 0. The van der Waals surface area contributed by atoms with Crippen LogP contribution in [0.4, 0.5) is 17.3 Å². The standard InChI is InChI=1S/C66H87N11O8S/c1-47-16-25-54(40-57(47)74-65-69-29-26-56(73-65)53-14-13-27-67-43-53)72-62(80)52-23-19-50(20-24-52)44-75-30-32-76(33-31-75)59(79)15-9-8-12-35-84-37-39-85-38-36-83-34-11-7-6-10-28-68-61(66(3,4)5)64(82)77-45-55(78)41-58(77)63(81)70-42-49-17-21-51(22-18-49)60-48(2)71-46-86-60/h13-14,16-27,29,40,43,46,55,58,61,68,78H,6-12,15,28,30-39,41-42,44-45H2,1-5H3,(H,70,81)(H,72,80)(H,69,73,74)/t55-,58+,61-/m1/s1. The number of pyridine rings is 1. The van der Waals surface area contributed by atoms with E-state index in [1.54, 1.807) is 34.8 Å². The van der Waals surface area contributed by atoms with E-state index in [4.69, 9.17) is 14.2 Å². The summed E-state index contributed by atoms with van der Waals surface area (Å²) in [5.74, 6) is 0.0389. The summed E-state index contributed by atoms with van der Waals surface area (Å²) in [4.78, 5) is 78.3. The van der Waals surface area contributed by atoms with Crippen LogP contribution < -0.4 is 21.3 Å². The molecule has 20 heteroatoms. The largest absolute Gasteiger partial charge is 0.391 e. The quantitative estimate of drug-likeness (QED) is 0.0248. The molecule has 5 heterocycles. The number of aryl methyl sites for hydroxylation is 2. The van der Waals surface area contributed by atoms with Crippen molar-refractivity contribution in [3.05, 3.63) is 137 Å². The van der Waals surface area contributed by atoms with Crippen molar-refractivity contribution >= 4 is 52.3 Å². The molecule has 2 aliphatic rings. The van der Waals surface area contributed by atoms with Gasteiger partial charge in [-0.3, -0.25) is 29.1 Å². The summed E-state index contributed by atoms with van der Waals surface area (Å²) < 4.78 is 17.3. The molecule has 3 aromatic heterocycles. The molecule has 86 heavy (non-hydrogen) atoms. The fourth-order valence-electron chi connectivity index (χ4n) is 10.6. The number of benzene rings is 3. The molecular formula is C66H87N11O8S. The van der Waals surface area contributed by atoms with Gasteiger partial charge in [0.1, 0.15) is 6.04 Å². The summed E-state index contributed by atoms with van der Waals surface area (Å²) in [5, 5.41) is 23.4. The number of rotatable bonds is 32. The summed E-state index contributed by atoms with van der Waals surface area (Å²) in [5.41, 5.74) is 10.2. The van der Waals surface area contributed by atoms with Gasteiger partial charge in [0, 0.05) is 113 Å². The molecule has 0 bridgehead atoms. The monoisotopic (exact) mass is 1190 g/mol. The number of aliphatic hydroxyl groups is 1. The molecule has 2 fully saturated rings. The van der Waals surface area contributed by atoms with Crippen molar-refractivity contribution in [3.63, 3.8) is 0 Å². The van der Waals surface area contributed by atoms with Crippen LogP contribution >= 0.6 is 11.3 Å². The number of piperazine rings is 1. The maximum atomic E-state index is 14.0. The molecule has 0 radical (unpaired) electrons. The Morgan fingerprint density at radius 1 is 0.756 bits per heavy atom. The molecule has 5 N–H and O–H groups in total. The number of amides is 4. The lowest BCUT2D eigenvalue weighted by molar-refractivity contribution is -0.142.